The molecular formula is C5H9N3. The van der Waals surface area contributed by atoms with Gasteiger partial charge in [-0.2, -0.15) is 5.11 Å². The van der Waals surface area contributed by atoms with E-state index < -0.39 is 0 Å². The van der Waals surface area contributed by atoms with Gasteiger partial charge in [-0.25, -0.2) is 0 Å². The molecule has 0 heterocycles. The average molecular weight is 111 g/mol. The molecule has 0 rings (SSSR count). The average Bonchev–Trinajstić information content (AvgIpc) is 1.61. The van der Waals surface area contributed by atoms with Crippen molar-refractivity contribution in [1.82, 2.24) is 0 Å². The first-order chi connectivity index (χ1) is 3.63. The maximum atomic E-state index is 6.79. The summed E-state index contributed by atoms with van der Waals surface area (Å²) < 4.78 is 0. The smallest absolute Gasteiger partial charge is 0.140 e. The van der Waals surface area contributed by atoms with E-state index in [9.17, 15) is 0 Å². The second-order valence-electron chi connectivity index (χ2n) is 1.52. The Morgan fingerprint density at radius 2 is 1.88 bits per heavy atom. The Hall–Kier alpha value is -0.990. The Bertz CT molecular complexity index is 119. The van der Waals surface area contributed by atoms with Crippen molar-refractivity contribution in [2.24, 2.45) is 10.2 Å². The van der Waals surface area contributed by atoms with Crippen LogP contribution in [0.4, 0.5) is 0 Å². The standard InChI is InChI=1S/C5H9N3/c1-4(2)7-8-5(3)6/h6H,1H2,2-3H3. The Balaban J connectivity index is 3.67. The van der Waals surface area contributed by atoms with E-state index in [0.717, 1.165) is 0 Å². The maximum Gasteiger partial charge on any atom is 0.140 e. The summed E-state index contributed by atoms with van der Waals surface area (Å²) in [4.78, 5) is 0. The minimum absolute atomic E-state index is 0.202. The lowest BCUT2D eigenvalue weighted by Gasteiger charge is -1.81. The topological polar surface area (TPSA) is 48.6 Å². The molecule has 0 fully saturated rings. The third kappa shape index (κ3) is 5.01. The van der Waals surface area contributed by atoms with Crippen LogP contribution in [0.3, 0.4) is 0 Å². The van der Waals surface area contributed by atoms with Crippen LogP contribution in [0.5, 0.6) is 0 Å². The lowest BCUT2D eigenvalue weighted by molar-refractivity contribution is 1.14. The molecule has 0 atom stereocenters. The van der Waals surface area contributed by atoms with Gasteiger partial charge in [-0.05, 0) is 13.8 Å². The van der Waals surface area contributed by atoms with Crippen molar-refractivity contribution in [3.05, 3.63) is 12.3 Å². The van der Waals surface area contributed by atoms with Crippen molar-refractivity contribution >= 4 is 5.84 Å². The van der Waals surface area contributed by atoms with Gasteiger partial charge >= 0.3 is 0 Å². The van der Waals surface area contributed by atoms with Crippen LogP contribution in [0.25, 0.3) is 0 Å². The Labute approximate surface area is 48.6 Å². The minimum atomic E-state index is 0.202. The molecular weight excluding hydrogens is 102 g/mol. The minimum Gasteiger partial charge on any atom is -0.285 e. The van der Waals surface area contributed by atoms with Gasteiger partial charge in [-0.15, -0.1) is 5.11 Å². The summed E-state index contributed by atoms with van der Waals surface area (Å²) >= 11 is 0. The molecule has 0 spiro atoms. The van der Waals surface area contributed by atoms with Crippen LogP contribution < -0.4 is 0 Å². The fraction of sp³-hybridized carbons (Fsp3) is 0.400. The lowest BCUT2D eigenvalue weighted by atomic mass is 10.6. The molecule has 0 aromatic rings. The van der Waals surface area contributed by atoms with Crippen LogP contribution in [0.2, 0.25) is 0 Å². The Morgan fingerprint density at radius 3 is 2.00 bits per heavy atom. The predicted octanol–water partition coefficient (Wildman–Crippen LogP) is 1.97. The summed E-state index contributed by atoms with van der Waals surface area (Å²) in [6, 6.07) is 0. The highest BCUT2D eigenvalue weighted by Gasteiger charge is 1.76. The molecule has 3 heteroatoms. The van der Waals surface area contributed by atoms with Gasteiger partial charge in [0.1, 0.15) is 5.84 Å². The lowest BCUT2D eigenvalue weighted by Crippen LogP contribution is -1.76. The summed E-state index contributed by atoms with van der Waals surface area (Å²) in [5.74, 6) is 0.202. The molecule has 8 heavy (non-hydrogen) atoms. The first kappa shape index (κ1) is 7.01. The fourth-order valence-corrected chi connectivity index (χ4v) is 0.160. The second-order valence-corrected chi connectivity index (χ2v) is 1.52. The van der Waals surface area contributed by atoms with E-state index in [1.54, 1.807) is 13.8 Å². The zero-order valence-corrected chi connectivity index (χ0v) is 5.10. The van der Waals surface area contributed by atoms with Crippen molar-refractivity contribution in [1.29, 1.82) is 5.41 Å². The number of nitrogens with one attached hydrogen (secondary N) is 1. The summed E-state index contributed by atoms with van der Waals surface area (Å²) in [6.07, 6.45) is 0. The van der Waals surface area contributed by atoms with Crippen LogP contribution in [0.1, 0.15) is 13.8 Å². The van der Waals surface area contributed by atoms with Crippen molar-refractivity contribution in [3.8, 4) is 0 Å². The molecule has 1 N–H and O–H groups in total. The summed E-state index contributed by atoms with van der Waals surface area (Å²) in [5, 5.41) is 13.7. The van der Waals surface area contributed by atoms with E-state index in [2.05, 4.69) is 16.8 Å². The van der Waals surface area contributed by atoms with Gasteiger partial charge in [0.25, 0.3) is 0 Å². The zero-order chi connectivity index (χ0) is 6.57. The van der Waals surface area contributed by atoms with Crippen LogP contribution in [0, 0.1) is 5.41 Å². The SMILES string of the molecule is C=C(C)N=NC(C)=N. The molecule has 0 saturated carbocycles. The third-order valence-corrected chi connectivity index (χ3v) is 0.371. The largest absolute Gasteiger partial charge is 0.285 e. The molecule has 0 aliphatic heterocycles. The van der Waals surface area contributed by atoms with Gasteiger partial charge < -0.3 is 0 Å². The van der Waals surface area contributed by atoms with Crippen molar-refractivity contribution in [2.75, 3.05) is 0 Å². The van der Waals surface area contributed by atoms with Crippen LogP contribution in [0.15, 0.2) is 22.5 Å². The van der Waals surface area contributed by atoms with E-state index in [0.29, 0.717) is 5.70 Å². The maximum absolute atomic E-state index is 6.79. The van der Waals surface area contributed by atoms with Gasteiger partial charge in [-0.3, -0.25) is 5.41 Å². The first-order valence-electron chi connectivity index (χ1n) is 2.25. The van der Waals surface area contributed by atoms with Crippen LogP contribution >= 0.6 is 0 Å². The van der Waals surface area contributed by atoms with Crippen molar-refractivity contribution < 1.29 is 0 Å². The molecule has 0 aromatic heterocycles. The monoisotopic (exact) mass is 111 g/mol. The predicted molar refractivity (Wildman–Crippen MR) is 33.1 cm³/mol. The van der Waals surface area contributed by atoms with E-state index in [1.807, 2.05) is 0 Å². The molecule has 0 aliphatic carbocycles. The van der Waals surface area contributed by atoms with E-state index in [4.69, 9.17) is 5.41 Å². The molecule has 44 valence electrons. The highest BCUT2D eigenvalue weighted by atomic mass is 15.1. The molecule has 0 saturated heterocycles. The molecule has 0 radical (unpaired) electrons. The summed E-state index contributed by atoms with van der Waals surface area (Å²) in [5.41, 5.74) is 0.622. The quantitative estimate of drug-likeness (QED) is 0.305. The van der Waals surface area contributed by atoms with E-state index in [1.165, 1.54) is 0 Å². The van der Waals surface area contributed by atoms with Crippen LogP contribution in [-0.4, -0.2) is 5.84 Å². The number of rotatable bonds is 1. The Morgan fingerprint density at radius 1 is 1.38 bits per heavy atom. The van der Waals surface area contributed by atoms with Gasteiger partial charge in [0.15, 0.2) is 0 Å². The molecule has 0 unspecified atom stereocenters. The number of allylic oxidation sites excluding steroid dienone is 1. The third-order valence-electron chi connectivity index (χ3n) is 0.371. The fourth-order valence-electron chi connectivity index (χ4n) is 0.160. The van der Waals surface area contributed by atoms with E-state index in [-0.39, 0.29) is 5.84 Å². The normalized spacial score (nSPS) is 9.75. The van der Waals surface area contributed by atoms with Gasteiger partial charge in [0.05, 0.1) is 5.70 Å². The first-order valence-corrected chi connectivity index (χ1v) is 2.25. The number of amidine groups is 1. The molecule has 0 bridgehead atoms. The molecule has 0 amide bonds. The summed E-state index contributed by atoms with van der Waals surface area (Å²) in [7, 11) is 0. The second kappa shape index (κ2) is 3.07. The van der Waals surface area contributed by atoms with Gasteiger partial charge in [0, 0.05) is 0 Å². The van der Waals surface area contributed by atoms with Crippen molar-refractivity contribution in [2.45, 2.75) is 13.8 Å². The number of azo groups is 1. The zero-order valence-electron chi connectivity index (χ0n) is 5.10. The molecule has 3 nitrogen and oxygen atoms in total. The molecule has 0 aromatic carbocycles. The summed E-state index contributed by atoms with van der Waals surface area (Å²) in [6.45, 7) is 6.76. The highest BCUT2D eigenvalue weighted by Crippen LogP contribution is 1.89. The van der Waals surface area contributed by atoms with Crippen molar-refractivity contribution in [3.63, 3.8) is 0 Å². The number of hydrogen-bond donors (Lipinski definition) is 1. The highest BCUT2D eigenvalue weighted by molar-refractivity contribution is 5.76. The molecule has 0 aliphatic rings. The number of nitrogens with zero attached hydrogens (tertiary/aromatic N) is 2. The van der Waals surface area contributed by atoms with E-state index >= 15 is 0 Å². The number of hydrogen-bond acceptors (Lipinski definition) is 2. The van der Waals surface area contributed by atoms with Gasteiger partial charge in [0.2, 0.25) is 0 Å². The van der Waals surface area contributed by atoms with Gasteiger partial charge in [-0.1, -0.05) is 6.58 Å². The van der Waals surface area contributed by atoms with Crippen LogP contribution in [-0.2, 0) is 0 Å². The Kier molecular flexibility index (Phi) is 2.69.